The van der Waals surface area contributed by atoms with Gasteiger partial charge in [0.2, 0.25) is 5.91 Å². The van der Waals surface area contributed by atoms with Crippen molar-refractivity contribution >= 4 is 11.7 Å². The second-order valence-corrected chi connectivity index (χ2v) is 5.35. The van der Waals surface area contributed by atoms with E-state index in [1.165, 1.54) is 9.80 Å². The summed E-state index contributed by atoms with van der Waals surface area (Å²) < 4.78 is 36.9. The number of amides is 1. The van der Waals surface area contributed by atoms with Gasteiger partial charge in [0.15, 0.2) is 5.84 Å². The topological polar surface area (TPSA) is 82.2 Å². The third kappa shape index (κ3) is 4.23. The Kier molecular flexibility index (Phi) is 5.43. The van der Waals surface area contributed by atoms with Gasteiger partial charge in [0, 0.05) is 26.2 Å². The lowest BCUT2D eigenvalue weighted by Crippen LogP contribution is -2.56. The van der Waals surface area contributed by atoms with Crippen LogP contribution in [0.25, 0.3) is 0 Å². The first-order chi connectivity index (χ1) is 9.64. The molecule has 21 heavy (non-hydrogen) atoms. The highest BCUT2D eigenvalue weighted by molar-refractivity contribution is 6.06. The normalized spacial score (nSPS) is 21.2. The van der Waals surface area contributed by atoms with Crippen LogP contribution >= 0.6 is 0 Å². The summed E-state index contributed by atoms with van der Waals surface area (Å²) in [4.78, 5) is 15.2. The molecule has 1 atom stereocenters. The van der Waals surface area contributed by atoms with Gasteiger partial charge in [-0.2, -0.15) is 13.2 Å². The van der Waals surface area contributed by atoms with Crippen molar-refractivity contribution in [1.29, 1.82) is 0 Å². The molecular formula is C12H21F3N4O2. The van der Waals surface area contributed by atoms with Crippen LogP contribution < -0.4 is 5.73 Å². The summed E-state index contributed by atoms with van der Waals surface area (Å²) in [6.07, 6.45) is -3.90. The number of nitrogens with two attached hydrogens (primary N) is 1. The number of amidine groups is 1. The molecule has 1 aliphatic heterocycles. The van der Waals surface area contributed by atoms with Crippen LogP contribution in [0.15, 0.2) is 5.16 Å². The van der Waals surface area contributed by atoms with E-state index in [2.05, 4.69) is 5.16 Å². The maximum Gasteiger partial charge on any atom is 0.401 e. The molecule has 1 amide bonds. The number of halogens is 3. The number of rotatable bonds is 4. The summed E-state index contributed by atoms with van der Waals surface area (Å²) in [5.74, 6) is -0.514. The van der Waals surface area contributed by atoms with Gasteiger partial charge in [-0.15, -0.1) is 0 Å². The van der Waals surface area contributed by atoms with Gasteiger partial charge in [-0.25, -0.2) is 0 Å². The van der Waals surface area contributed by atoms with Gasteiger partial charge in [0.05, 0.1) is 6.54 Å². The van der Waals surface area contributed by atoms with E-state index >= 15 is 0 Å². The second kappa shape index (κ2) is 6.50. The number of oxime groups is 1. The molecule has 122 valence electrons. The molecule has 0 spiro atoms. The zero-order chi connectivity index (χ0) is 16.3. The van der Waals surface area contributed by atoms with Crippen LogP contribution in [0.1, 0.15) is 20.3 Å². The molecule has 3 N–H and O–H groups in total. The minimum Gasteiger partial charge on any atom is -0.409 e. The summed E-state index contributed by atoms with van der Waals surface area (Å²) in [5, 5.41) is 11.7. The number of alkyl halides is 3. The van der Waals surface area contributed by atoms with Gasteiger partial charge in [-0.3, -0.25) is 9.69 Å². The Morgan fingerprint density at radius 3 is 2.19 bits per heavy atom. The van der Waals surface area contributed by atoms with E-state index in [0.29, 0.717) is 6.42 Å². The third-order valence-electron chi connectivity index (χ3n) is 3.91. The van der Waals surface area contributed by atoms with E-state index in [-0.39, 0.29) is 37.9 Å². The molecule has 6 nitrogen and oxygen atoms in total. The second-order valence-electron chi connectivity index (χ2n) is 5.35. The van der Waals surface area contributed by atoms with Gasteiger partial charge in [-0.1, -0.05) is 12.1 Å². The lowest BCUT2D eigenvalue weighted by Gasteiger charge is -2.39. The quantitative estimate of drug-likeness (QED) is 0.349. The van der Waals surface area contributed by atoms with Gasteiger partial charge in [-0.05, 0) is 13.3 Å². The summed E-state index contributed by atoms with van der Waals surface area (Å²) in [6, 6.07) is 0. The van der Waals surface area contributed by atoms with Gasteiger partial charge >= 0.3 is 6.18 Å². The van der Waals surface area contributed by atoms with E-state index in [0.717, 1.165) is 0 Å². The molecule has 1 aliphatic rings. The highest BCUT2D eigenvalue weighted by Crippen LogP contribution is 2.26. The predicted molar refractivity (Wildman–Crippen MR) is 70.9 cm³/mol. The smallest absolute Gasteiger partial charge is 0.401 e. The van der Waals surface area contributed by atoms with Crippen LogP contribution in [-0.2, 0) is 4.79 Å². The largest absolute Gasteiger partial charge is 0.409 e. The van der Waals surface area contributed by atoms with Crippen molar-refractivity contribution in [2.45, 2.75) is 26.4 Å². The Hall–Kier alpha value is -1.51. The molecule has 0 aromatic heterocycles. The van der Waals surface area contributed by atoms with Crippen molar-refractivity contribution in [2.75, 3.05) is 32.7 Å². The summed E-state index contributed by atoms with van der Waals surface area (Å²) in [5.41, 5.74) is 4.44. The van der Waals surface area contributed by atoms with Crippen LogP contribution in [0.3, 0.4) is 0 Å². The molecule has 0 aliphatic carbocycles. The average molecular weight is 310 g/mol. The number of nitrogens with zero attached hydrogens (tertiary/aromatic N) is 3. The summed E-state index contributed by atoms with van der Waals surface area (Å²) in [7, 11) is 0. The molecule has 1 rings (SSSR count). The Morgan fingerprint density at radius 2 is 1.81 bits per heavy atom. The minimum absolute atomic E-state index is 0.154. The maximum absolute atomic E-state index is 12.5. The molecule has 0 bridgehead atoms. The zero-order valence-electron chi connectivity index (χ0n) is 12.2. The molecule has 1 heterocycles. The predicted octanol–water partition coefficient (Wildman–Crippen LogP) is 0.856. The molecule has 9 heteroatoms. The molecule has 0 aromatic rings. The fourth-order valence-corrected chi connectivity index (χ4v) is 2.26. The summed E-state index contributed by atoms with van der Waals surface area (Å²) >= 11 is 0. The van der Waals surface area contributed by atoms with E-state index in [4.69, 9.17) is 10.9 Å². The zero-order valence-corrected chi connectivity index (χ0v) is 12.2. The number of carbonyl (C=O) groups excluding carboxylic acids is 1. The maximum atomic E-state index is 12.5. The first-order valence-corrected chi connectivity index (χ1v) is 6.70. The summed E-state index contributed by atoms with van der Waals surface area (Å²) in [6.45, 7) is 3.03. The van der Waals surface area contributed by atoms with Crippen LogP contribution in [0.4, 0.5) is 13.2 Å². The minimum atomic E-state index is -4.24. The standard InChI is InChI=1S/C12H21F3N4O2/c1-3-11(2,9(16)17-21)10(20)19-6-4-18(5-7-19)8-12(13,14)15/h21H,3-8H2,1-2H3,(H2,16,17). The molecule has 0 radical (unpaired) electrons. The number of hydrogen-bond acceptors (Lipinski definition) is 4. The highest BCUT2D eigenvalue weighted by Gasteiger charge is 2.41. The molecule has 1 saturated heterocycles. The number of hydrogen-bond donors (Lipinski definition) is 2. The van der Waals surface area contributed by atoms with Crippen LogP contribution in [-0.4, -0.2) is 65.6 Å². The fraction of sp³-hybridized carbons (Fsp3) is 0.833. The van der Waals surface area contributed by atoms with Crippen molar-refractivity contribution in [2.24, 2.45) is 16.3 Å². The lowest BCUT2D eigenvalue weighted by atomic mass is 9.84. The van der Waals surface area contributed by atoms with Crippen LogP contribution in [0, 0.1) is 5.41 Å². The van der Waals surface area contributed by atoms with Crippen molar-refractivity contribution in [3.05, 3.63) is 0 Å². The van der Waals surface area contributed by atoms with Crippen molar-refractivity contribution < 1.29 is 23.2 Å². The van der Waals surface area contributed by atoms with Gasteiger partial charge in [0.1, 0.15) is 5.41 Å². The first kappa shape index (κ1) is 17.5. The van der Waals surface area contributed by atoms with Gasteiger partial charge < -0.3 is 15.8 Å². The van der Waals surface area contributed by atoms with E-state index < -0.39 is 18.1 Å². The van der Waals surface area contributed by atoms with E-state index in [1.807, 2.05) is 0 Å². The van der Waals surface area contributed by atoms with Crippen molar-refractivity contribution in [3.63, 3.8) is 0 Å². The molecule has 1 unspecified atom stereocenters. The van der Waals surface area contributed by atoms with Crippen molar-refractivity contribution in [1.82, 2.24) is 9.80 Å². The van der Waals surface area contributed by atoms with Gasteiger partial charge in [0.25, 0.3) is 0 Å². The first-order valence-electron chi connectivity index (χ1n) is 6.70. The molecule has 1 fully saturated rings. The monoisotopic (exact) mass is 310 g/mol. The van der Waals surface area contributed by atoms with E-state index in [1.54, 1.807) is 13.8 Å². The Balaban J connectivity index is 2.67. The van der Waals surface area contributed by atoms with E-state index in [9.17, 15) is 18.0 Å². The number of carbonyl (C=O) groups is 1. The molecule has 0 aromatic carbocycles. The van der Waals surface area contributed by atoms with Crippen LogP contribution in [0.5, 0.6) is 0 Å². The Morgan fingerprint density at radius 1 is 1.29 bits per heavy atom. The Bertz CT molecular complexity index is 406. The SMILES string of the molecule is CCC(C)(C(=O)N1CCN(CC(F)(F)F)CC1)C(N)=NO. The average Bonchev–Trinajstić information content (AvgIpc) is 2.43. The van der Waals surface area contributed by atoms with Crippen molar-refractivity contribution in [3.8, 4) is 0 Å². The highest BCUT2D eigenvalue weighted by atomic mass is 19.4. The third-order valence-corrected chi connectivity index (χ3v) is 3.91. The van der Waals surface area contributed by atoms with Crippen LogP contribution in [0.2, 0.25) is 0 Å². The lowest BCUT2D eigenvalue weighted by molar-refractivity contribution is -0.153. The molecule has 0 saturated carbocycles. The fourth-order valence-electron chi connectivity index (χ4n) is 2.26. The number of piperazine rings is 1. The molecular weight excluding hydrogens is 289 g/mol. The Labute approximate surface area is 121 Å².